The normalized spacial score (nSPS) is 12.5. The van der Waals surface area contributed by atoms with Crippen LogP contribution < -0.4 is 5.32 Å². The summed E-state index contributed by atoms with van der Waals surface area (Å²) in [6.45, 7) is 18.8. The highest BCUT2D eigenvalue weighted by atomic mass is 14.9. The first-order valence-corrected chi connectivity index (χ1v) is 7.76. The van der Waals surface area contributed by atoms with E-state index >= 15 is 0 Å². The SMILES string of the molecule is C=C(/C=C\C(=C/C)C(=C)C)Nc1ccc(CC(C)(C)C)cc1. The number of anilines is 1. The molecule has 0 amide bonds. The Bertz CT molecular complexity index is 577. The lowest BCUT2D eigenvalue weighted by atomic mass is 9.88. The van der Waals surface area contributed by atoms with Crippen LogP contribution in [0.5, 0.6) is 0 Å². The summed E-state index contributed by atoms with van der Waals surface area (Å²) >= 11 is 0. The molecule has 1 heteroatoms. The zero-order chi connectivity index (χ0) is 16.8. The highest BCUT2D eigenvalue weighted by Gasteiger charge is 2.10. The minimum absolute atomic E-state index is 0.312. The van der Waals surface area contributed by atoms with Gasteiger partial charge in [-0.2, -0.15) is 0 Å². The molecule has 0 aliphatic heterocycles. The lowest BCUT2D eigenvalue weighted by molar-refractivity contribution is 0.411. The van der Waals surface area contributed by atoms with E-state index in [1.54, 1.807) is 0 Å². The summed E-state index contributed by atoms with van der Waals surface area (Å²) in [6.07, 6.45) is 7.14. The fourth-order valence-electron chi connectivity index (χ4n) is 2.22. The molecule has 0 aliphatic carbocycles. The number of benzene rings is 1. The lowest BCUT2D eigenvalue weighted by Crippen LogP contribution is -2.09. The van der Waals surface area contributed by atoms with Crippen molar-refractivity contribution in [3.8, 4) is 0 Å². The van der Waals surface area contributed by atoms with Crippen molar-refractivity contribution in [1.82, 2.24) is 0 Å². The van der Waals surface area contributed by atoms with Crippen LogP contribution in [-0.2, 0) is 6.42 Å². The highest BCUT2D eigenvalue weighted by Crippen LogP contribution is 2.22. The largest absolute Gasteiger partial charge is 0.356 e. The van der Waals surface area contributed by atoms with Gasteiger partial charge in [-0.15, -0.1) is 0 Å². The molecule has 0 radical (unpaired) electrons. The van der Waals surface area contributed by atoms with Gasteiger partial charge < -0.3 is 5.32 Å². The van der Waals surface area contributed by atoms with Crippen molar-refractivity contribution < 1.29 is 0 Å². The van der Waals surface area contributed by atoms with Gasteiger partial charge in [0.05, 0.1) is 0 Å². The van der Waals surface area contributed by atoms with Gasteiger partial charge in [0.2, 0.25) is 0 Å². The Kier molecular flexibility index (Phi) is 6.42. The molecule has 0 spiro atoms. The second kappa shape index (κ2) is 7.84. The minimum atomic E-state index is 0.312. The standard InChI is InChI=1S/C21H29N/c1-8-19(16(2)3)12-9-17(4)22-20-13-10-18(11-14-20)15-21(5,6)7/h8-14,22H,2,4,15H2,1,3,5-7H3/b12-9-,19-8+. The third kappa shape index (κ3) is 6.62. The van der Waals surface area contributed by atoms with Gasteiger partial charge in [0.1, 0.15) is 0 Å². The van der Waals surface area contributed by atoms with E-state index in [9.17, 15) is 0 Å². The van der Waals surface area contributed by atoms with E-state index in [0.29, 0.717) is 5.41 Å². The molecule has 0 saturated carbocycles. The van der Waals surface area contributed by atoms with E-state index < -0.39 is 0 Å². The first kappa shape index (κ1) is 18.0. The summed E-state index contributed by atoms with van der Waals surface area (Å²) in [5.41, 5.74) is 5.78. The van der Waals surface area contributed by atoms with E-state index in [-0.39, 0.29) is 0 Å². The van der Waals surface area contributed by atoms with Gasteiger partial charge in [0.25, 0.3) is 0 Å². The van der Waals surface area contributed by atoms with Crippen molar-refractivity contribution in [2.75, 3.05) is 5.32 Å². The molecule has 1 nitrogen and oxygen atoms in total. The van der Waals surface area contributed by atoms with Crippen molar-refractivity contribution >= 4 is 5.69 Å². The Labute approximate surface area is 136 Å². The predicted molar refractivity (Wildman–Crippen MR) is 100 cm³/mol. The molecule has 1 aromatic rings. The van der Waals surface area contributed by atoms with Crippen LogP contribution in [-0.4, -0.2) is 0 Å². The second-order valence-electron chi connectivity index (χ2n) is 6.94. The van der Waals surface area contributed by atoms with Crippen LogP contribution in [0, 0.1) is 5.41 Å². The van der Waals surface area contributed by atoms with Gasteiger partial charge in [-0.3, -0.25) is 0 Å². The molecular formula is C21H29N. The molecule has 0 heterocycles. The van der Waals surface area contributed by atoms with Crippen LogP contribution in [0.25, 0.3) is 0 Å². The number of hydrogen-bond acceptors (Lipinski definition) is 1. The molecule has 1 rings (SSSR count). The fourth-order valence-corrected chi connectivity index (χ4v) is 2.22. The first-order valence-electron chi connectivity index (χ1n) is 7.76. The molecular weight excluding hydrogens is 266 g/mol. The van der Waals surface area contributed by atoms with Gasteiger partial charge in [-0.05, 0) is 55.0 Å². The number of allylic oxidation sites excluding steroid dienone is 5. The average Bonchev–Trinajstić information content (AvgIpc) is 2.39. The van der Waals surface area contributed by atoms with Crippen LogP contribution in [0.2, 0.25) is 0 Å². The molecule has 0 unspecified atom stereocenters. The maximum atomic E-state index is 4.04. The molecule has 0 aromatic heterocycles. The summed E-state index contributed by atoms with van der Waals surface area (Å²) < 4.78 is 0. The van der Waals surface area contributed by atoms with Crippen LogP contribution in [0.3, 0.4) is 0 Å². The fraction of sp³-hybridized carbons (Fsp3) is 0.333. The number of nitrogens with one attached hydrogen (secondary N) is 1. The summed E-state index contributed by atoms with van der Waals surface area (Å²) in [6, 6.07) is 8.57. The molecule has 22 heavy (non-hydrogen) atoms. The topological polar surface area (TPSA) is 12.0 Å². The van der Waals surface area contributed by atoms with E-state index in [0.717, 1.165) is 29.0 Å². The van der Waals surface area contributed by atoms with Gasteiger partial charge in [-0.25, -0.2) is 0 Å². The molecule has 1 N–H and O–H groups in total. The molecule has 0 saturated heterocycles. The van der Waals surface area contributed by atoms with E-state index in [2.05, 4.69) is 63.5 Å². The minimum Gasteiger partial charge on any atom is -0.356 e. The van der Waals surface area contributed by atoms with E-state index in [1.807, 2.05) is 32.1 Å². The van der Waals surface area contributed by atoms with Crippen molar-refractivity contribution in [3.63, 3.8) is 0 Å². The highest BCUT2D eigenvalue weighted by molar-refractivity contribution is 5.52. The van der Waals surface area contributed by atoms with Gasteiger partial charge in [0, 0.05) is 11.4 Å². The Morgan fingerprint density at radius 1 is 1.09 bits per heavy atom. The van der Waals surface area contributed by atoms with Crippen molar-refractivity contribution in [2.45, 2.75) is 41.0 Å². The maximum Gasteiger partial charge on any atom is 0.0384 e. The number of hydrogen-bond donors (Lipinski definition) is 1. The zero-order valence-corrected chi connectivity index (χ0v) is 14.7. The summed E-state index contributed by atoms with van der Waals surface area (Å²) in [4.78, 5) is 0. The third-order valence-electron chi connectivity index (χ3n) is 3.26. The van der Waals surface area contributed by atoms with Crippen LogP contribution >= 0.6 is 0 Å². The molecule has 0 aliphatic rings. The predicted octanol–water partition coefficient (Wildman–Crippen LogP) is 6.28. The quantitative estimate of drug-likeness (QED) is 0.609. The van der Waals surface area contributed by atoms with E-state index in [1.165, 1.54) is 5.56 Å². The Morgan fingerprint density at radius 2 is 1.68 bits per heavy atom. The molecule has 0 fully saturated rings. The molecule has 118 valence electrons. The summed E-state index contributed by atoms with van der Waals surface area (Å²) in [7, 11) is 0. The van der Waals surface area contributed by atoms with E-state index in [4.69, 9.17) is 0 Å². The lowest BCUT2D eigenvalue weighted by Gasteiger charge is -2.18. The third-order valence-corrected chi connectivity index (χ3v) is 3.26. The second-order valence-corrected chi connectivity index (χ2v) is 6.94. The van der Waals surface area contributed by atoms with Crippen LogP contribution in [0.4, 0.5) is 5.69 Å². The summed E-state index contributed by atoms with van der Waals surface area (Å²) in [5.74, 6) is 0. The van der Waals surface area contributed by atoms with Gasteiger partial charge in [-0.1, -0.05) is 63.8 Å². The Balaban J connectivity index is 2.66. The first-order chi connectivity index (χ1) is 10.2. The summed E-state index contributed by atoms with van der Waals surface area (Å²) in [5, 5.41) is 3.31. The van der Waals surface area contributed by atoms with Gasteiger partial charge in [0.15, 0.2) is 0 Å². The zero-order valence-electron chi connectivity index (χ0n) is 14.7. The monoisotopic (exact) mass is 295 g/mol. The van der Waals surface area contributed by atoms with Crippen LogP contribution in [0.1, 0.15) is 40.2 Å². The molecule has 0 bridgehead atoms. The van der Waals surface area contributed by atoms with Crippen LogP contribution in [0.15, 0.2) is 72.5 Å². The molecule has 1 aromatic carbocycles. The average molecular weight is 295 g/mol. The van der Waals surface area contributed by atoms with Gasteiger partial charge >= 0.3 is 0 Å². The Hall–Kier alpha value is -2.02. The number of rotatable bonds is 6. The maximum absolute atomic E-state index is 4.04. The van der Waals surface area contributed by atoms with Crippen molar-refractivity contribution in [1.29, 1.82) is 0 Å². The van der Waals surface area contributed by atoms with Crippen molar-refractivity contribution in [2.24, 2.45) is 5.41 Å². The van der Waals surface area contributed by atoms with Crippen molar-refractivity contribution in [3.05, 3.63) is 78.1 Å². The Morgan fingerprint density at radius 3 is 2.14 bits per heavy atom. The molecule has 0 atom stereocenters. The smallest absolute Gasteiger partial charge is 0.0384 e.